The molecular weight excluding hydrogens is 346 g/mol. The van der Waals surface area contributed by atoms with Crippen LogP contribution in [-0.4, -0.2) is 70.6 Å². The van der Waals surface area contributed by atoms with Crippen LogP contribution in [0.1, 0.15) is 13.3 Å². The molecule has 1 aromatic rings. The summed E-state index contributed by atoms with van der Waals surface area (Å²) in [4.78, 5) is 13.7. The molecule has 1 aromatic carbocycles. The molecule has 9 heteroatoms. The highest BCUT2D eigenvalue weighted by atomic mass is 32.2. The minimum absolute atomic E-state index is 0.0969. The highest BCUT2D eigenvalue weighted by molar-refractivity contribution is 7.89. The van der Waals surface area contributed by atoms with Crippen molar-refractivity contribution in [3.05, 3.63) is 18.2 Å². The van der Waals surface area contributed by atoms with Gasteiger partial charge in [-0.05, 0) is 18.6 Å². The summed E-state index contributed by atoms with van der Waals surface area (Å²) in [6.07, 6.45) is 0.858. The minimum atomic E-state index is -3.70. The Morgan fingerprint density at radius 3 is 2.40 bits per heavy atom. The van der Waals surface area contributed by atoms with Gasteiger partial charge in [-0.3, -0.25) is 0 Å². The second-order valence-electron chi connectivity index (χ2n) is 5.64. The third kappa shape index (κ3) is 4.35. The molecule has 1 aliphatic rings. The van der Waals surface area contributed by atoms with Crippen LogP contribution in [0.4, 0.5) is 4.79 Å². The molecule has 0 bridgehead atoms. The van der Waals surface area contributed by atoms with Gasteiger partial charge in [0.1, 0.15) is 16.4 Å². The van der Waals surface area contributed by atoms with Gasteiger partial charge in [0, 0.05) is 38.8 Å². The van der Waals surface area contributed by atoms with Gasteiger partial charge in [-0.2, -0.15) is 4.31 Å². The monoisotopic (exact) mass is 371 g/mol. The maximum absolute atomic E-state index is 12.9. The Hall–Kier alpha value is -2.00. The van der Waals surface area contributed by atoms with Crippen LogP contribution in [-0.2, 0) is 10.0 Å². The minimum Gasteiger partial charge on any atom is -0.497 e. The molecule has 0 atom stereocenters. The normalized spacial score (nSPS) is 15.7. The Bertz CT molecular complexity index is 700. The molecule has 1 aliphatic heterocycles. The van der Waals surface area contributed by atoms with Gasteiger partial charge in [0.25, 0.3) is 0 Å². The maximum atomic E-state index is 12.9. The smallest absolute Gasteiger partial charge is 0.317 e. The number of rotatable bonds is 6. The van der Waals surface area contributed by atoms with E-state index in [1.165, 1.54) is 24.6 Å². The van der Waals surface area contributed by atoms with Gasteiger partial charge < -0.3 is 19.7 Å². The zero-order valence-electron chi connectivity index (χ0n) is 14.8. The maximum Gasteiger partial charge on any atom is 0.317 e. The van der Waals surface area contributed by atoms with Crippen LogP contribution in [0.15, 0.2) is 23.1 Å². The molecule has 0 aromatic heterocycles. The molecule has 25 heavy (non-hydrogen) atoms. The van der Waals surface area contributed by atoms with Crippen LogP contribution in [0.5, 0.6) is 11.5 Å². The van der Waals surface area contributed by atoms with Crippen molar-refractivity contribution in [2.45, 2.75) is 18.2 Å². The van der Waals surface area contributed by atoms with E-state index < -0.39 is 10.0 Å². The molecule has 140 valence electrons. The summed E-state index contributed by atoms with van der Waals surface area (Å²) in [5.41, 5.74) is 0. The predicted octanol–water partition coefficient (Wildman–Crippen LogP) is 1.13. The molecular formula is C16H25N3O5S. The van der Waals surface area contributed by atoms with Crippen molar-refractivity contribution in [3.63, 3.8) is 0 Å². The second-order valence-corrected chi connectivity index (χ2v) is 7.55. The number of nitrogens with one attached hydrogen (secondary N) is 1. The molecule has 1 saturated heterocycles. The highest BCUT2D eigenvalue weighted by Crippen LogP contribution is 2.31. The number of nitrogens with zero attached hydrogens (tertiary/aromatic N) is 2. The molecule has 2 amide bonds. The fourth-order valence-electron chi connectivity index (χ4n) is 2.60. The summed E-state index contributed by atoms with van der Waals surface area (Å²) in [6.45, 7) is 3.79. The van der Waals surface area contributed by atoms with E-state index in [0.717, 1.165) is 6.42 Å². The van der Waals surface area contributed by atoms with E-state index in [4.69, 9.17) is 9.47 Å². The zero-order chi connectivity index (χ0) is 18.4. The summed E-state index contributed by atoms with van der Waals surface area (Å²) < 4.78 is 37.5. The first-order valence-electron chi connectivity index (χ1n) is 8.19. The van der Waals surface area contributed by atoms with Crippen LogP contribution in [0.25, 0.3) is 0 Å². The number of hydrogen-bond acceptors (Lipinski definition) is 5. The number of carbonyl (C=O) groups excluding carboxylic acids is 1. The second kappa shape index (κ2) is 8.39. The van der Waals surface area contributed by atoms with E-state index in [-0.39, 0.29) is 29.8 Å². The first kappa shape index (κ1) is 19.3. The van der Waals surface area contributed by atoms with Gasteiger partial charge in [0.15, 0.2) is 0 Å². The number of amides is 2. The lowest BCUT2D eigenvalue weighted by Crippen LogP contribution is -2.53. The van der Waals surface area contributed by atoms with Crippen molar-refractivity contribution >= 4 is 16.1 Å². The van der Waals surface area contributed by atoms with E-state index >= 15 is 0 Å². The van der Waals surface area contributed by atoms with E-state index in [1.54, 1.807) is 17.0 Å². The molecule has 0 saturated carbocycles. The highest BCUT2D eigenvalue weighted by Gasteiger charge is 2.32. The van der Waals surface area contributed by atoms with Crippen molar-refractivity contribution in [1.29, 1.82) is 0 Å². The van der Waals surface area contributed by atoms with Crippen molar-refractivity contribution in [1.82, 2.24) is 14.5 Å². The number of carbonyl (C=O) groups is 1. The lowest BCUT2D eigenvalue weighted by molar-refractivity contribution is 0.172. The Balaban J connectivity index is 2.11. The fraction of sp³-hybridized carbons (Fsp3) is 0.562. The quantitative estimate of drug-likeness (QED) is 0.810. The predicted molar refractivity (Wildman–Crippen MR) is 93.6 cm³/mol. The molecule has 1 N–H and O–H groups in total. The lowest BCUT2D eigenvalue weighted by atomic mass is 10.3. The molecule has 2 rings (SSSR count). The molecule has 0 aliphatic carbocycles. The summed E-state index contributed by atoms with van der Waals surface area (Å²) >= 11 is 0. The number of methoxy groups -OCH3 is 2. The Kier molecular flexibility index (Phi) is 6.49. The van der Waals surface area contributed by atoms with Crippen molar-refractivity contribution in [3.8, 4) is 11.5 Å². The molecule has 1 fully saturated rings. The largest absolute Gasteiger partial charge is 0.497 e. The van der Waals surface area contributed by atoms with Gasteiger partial charge in [-0.1, -0.05) is 6.92 Å². The average Bonchev–Trinajstić information content (AvgIpc) is 2.65. The van der Waals surface area contributed by atoms with Gasteiger partial charge >= 0.3 is 6.03 Å². The third-order valence-electron chi connectivity index (χ3n) is 4.04. The van der Waals surface area contributed by atoms with Crippen molar-refractivity contribution in [2.24, 2.45) is 0 Å². The van der Waals surface area contributed by atoms with Gasteiger partial charge in [-0.15, -0.1) is 0 Å². The van der Waals surface area contributed by atoms with Gasteiger partial charge in [-0.25, -0.2) is 13.2 Å². The number of piperazine rings is 1. The Labute approximate surface area is 148 Å². The van der Waals surface area contributed by atoms with Crippen LogP contribution in [0.3, 0.4) is 0 Å². The van der Waals surface area contributed by atoms with Gasteiger partial charge in [0.2, 0.25) is 10.0 Å². The third-order valence-corrected chi connectivity index (χ3v) is 5.98. The van der Waals surface area contributed by atoms with Crippen LogP contribution < -0.4 is 14.8 Å². The topological polar surface area (TPSA) is 88.2 Å². The van der Waals surface area contributed by atoms with E-state index in [1.807, 2.05) is 6.92 Å². The number of ether oxygens (including phenoxy) is 2. The molecule has 0 unspecified atom stereocenters. The summed E-state index contributed by atoms with van der Waals surface area (Å²) in [5, 5.41) is 2.80. The average molecular weight is 371 g/mol. The van der Waals surface area contributed by atoms with Crippen LogP contribution >= 0.6 is 0 Å². The molecule has 0 spiro atoms. The number of benzene rings is 1. The van der Waals surface area contributed by atoms with Gasteiger partial charge in [0.05, 0.1) is 14.2 Å². The number of sulfonamides is 1. The van der Waals surface area contributed by atoms with E-state index in [9.17, 15) is 13.2 Å². The SMILES string of the molecule is CCCNC(=O)N1CCN(S(=O)(=O)c2ccc(OC)cc2OC)CC1. The Morgan fingerprint density at radius 2 is 1.84 bits per heavy atom. The Morgan fingerprint density at radius 1 is 1.16 bits per heavy atom. The first-order valence-corrected chi connectivity index (χ1v) is 9.63. The molecule has 8 nitrogen and oxygen atoms in total. The summed E-state index contributed by atoms with van der Waals surface area (Å²) in [7, 11) is -0.775. The fourth-order valence-corrected chi connectivity index (χ4v) is 4.16. The standard InChI is InChI=1S/C16H25N3O5S/c1-4-7-17-16(20)18-8-10-19(11-9-18)25(21,22)15-6-5-13(23-2)12-14(15)24-3/h5-6,12H,4,7-11H2,1-3H3,(H,17,20). The van der Waals surface area contributed by atoms with E-state index in [2.05, 4.69) is 5.32 Å². The van der Waals surface area contributed by atoms with Crippen molar-refractivity contribution in [2.75, 3.05) is 46.9 Å². The zero-order valence-corrected chi connectivity index (χ0v) is 15.6. The summed E-state index contributed by atoms with van der Waals surface area (Å²) in [5.74, 6) is 0.760. The van der Waals surface area contributed by atoms with Crippen LogP contribution in [0, 0.1) is 0 Å². The number of urea groups is 1. The summed E-state index contributed by atoms with van der Waals surface area (Å²) in [6, 6.07) is 4.46. The number of hydrogen-bond donors (Lipinski definition) is 1. The van der Waals surface area contributed by atoms with Crippen molar-refractivity contribution < 1.29 is 22.7 Å². The van der Waals surface area contributed by atoms with E-state index in [0.29, 0.717) is 25.4 Å². The van der Waals surface area contributed by atoms with Crippen LogP contribution in [0.2, 0.25) is 0 Å². The lowest BCUT2D eigenvalue weighted by Gasteiger charge is -2.34. The first-order chi connectivity index (χ1) is 11.9. The molecule has 1 heterocycles. The molecule has 0 radical (unpaired) electrons.